The van der Waals surface area contributed by atoms with Crippen LogP contribution in [-0.4, -0.2) is 17.7 Å². The summed E-state index contributed by atoms with van der Waals surface area (Å²) in [5.74, 6) is -0.370. The summed E-state index contributed by atoms with van der Waals surface area (Å²) in [6.45, 7) is 6.15. The smallest absolute Gasteiger partial charge is 0.338 e. The number of benzene rings is 2. The van der Waals surface area contributed by atoms with Crippen LogP contribution < -0.4 is 5.32 Å². The number of hydrogen-bond donors (Lipinski definition) is 2. The van der Waals surface area contributed by atoms with Gasteiger partial charge in [-0.15, -0.1) is 0 Å². The SMILES string of the molecule is CCOC(=O)c1ccc2c(c1)C(O)C(C)(C)C(c1ccc(Br)cc1)N2. The molecule has 2 unspecified atom stereocenters. The fourth-order valence-electron chi connectivity index (χ4n) is 3.33. The van der Waals surface area contributed by atoms with Gasteiger partial charge in [-0.2, -0.15) is 0 Å². The van der Waals surface area contributed by atoms with Gasteiger partial charge in [-0.1, -0.05) is 41.9 Å². The average Bonchev–Trinajstić information content (AvgIpc) is 2.59. The lowest BCUT2D eigenvalue weighted by molar-refractivity contribution is 0.0287. The summed E-state index contributed by atoms with van der Waals surface area (Å²) < 4.78 is 6.08. The van der Waals surface area contributed by atoms with E-state index in [1.807, 2.05) is 44.2 Å². The number of rotatable bonds is 3. The van der Waals surface area contributed by atoms with Gasteiger partial charge in [0.05, 0.1) is 24.3 Å². The molecule has 0 bridgehead atoms. The maximum absolute atomic E-state index is 12.0. The molecule has 0 aromatic heterocycles. The van der Waals surface area contributed by atoms with Crippen molar-refractivity contribution in [3.8, 4) is 0 Å². The molecule has 132 valence electrons. The van der Waals surface area contributed by atoms with Gasteiger partial charge >= 0.3 is 5.97 Å². The fourth-order valence-corrected chi connectivity index (χ4v) is 3.59. The third-order valence-corrected chi connectivity index (χ3v) is 5.34. The maximum Gasteiger partial charge on any atom is 0.338 e. The van der Waals surface area contributed by atoms with E-state index in [4.69, 9.17) is 4.74 Å². The van der Waals surface area contributed by atoms with Crippen LogP contribution in [0.25, 0.3) is 0 Å². The van der Waals surface area contributed by atoms with Gasteiger partial charge in [-0.3, -0.25) is 0 Å². The summed E-state index contributed by atoms with van der Waals surface area (Å²) in [4.78, 5) is 12.0. The minimum absolute atomic E-state index is 0.0449. The zero-order chi connectivity index (χ0) is 18.2. The third-order valence-electron chi connectivity index (χ3n) is 4.81. The number of carbonyl (C=O) groups excluding carboxylic acids is 1. The molecule has 0 aliphatic carbocycles. The summed E-state index contributed by atoms with van der Waals surface area (Å²) >= 11 is 3.46. The highest BCUT2D eigenvalue weighted by Crippen LogP contribution is 2.51. The predicted molar refractivity (Wildman–Crippen MR) is 102 cm³/mol. The first-order valence-corrected chi connectivity index (χ1v) is 9.15. The van der Waals surface area contributed by atoms with Crippen molar-refractivity contribution >= 4 is 27.6 Å². The number of nitrogens with one attached hydrogen (secondary N) is 1. The first-order valence-electron chi connectivity index (χ1n) is 8.35. The summed E-state index contributed by atoms with van der Waals surface area (Å²) in [5, 5.41) is 14.5. The van der Waals surface area contributed by atoms with Crippen molar-refractivity contribution in [3.63, 3.8) is 0 Å². The topological polar surface area (TPSA) is 58.6 Å². The molecule has 1 heterocycles. The quantitative estimate of drug-likeness (QED) is 0.718. The van der Waals surface area contributed by atoms with E-state index in [9.17, 15) is 9.90 Å². The molecule has 2 atom stereocenters. The number of aliphatic hydroxyl groups excluding tert-OH is 1. The van der Waals surface area contributed by atoms with Crippen molar-refractivity contribution in [1.82, 2.24) is 0 Å². The Morgan fingerprint density at radius 3 is 2.56 bits per heavy atom. The van der Waals surface area contributed by atoms with Gasteiger partial charge in [0.2, 0.25) is 0 Å². The van der Waals surface area contributed by atoms with Gasteiger partial charge in [0.25, 0.3) is 0 Å². The van der Waals surface area contributed by atoms with Gasteiger partial charge in [-0.25, -0.2) is 4.79 Å². The Labute approximate surface area is 156 Å². The molecule has 0 spiro atoms. The Morgan fingerprint density at radius 2 is 1.92 bits per heavy atom. The molecule has 5 heteroatoms. The van der Waals surface area contributed by atoms with E-state index < -0.39 is 11.5 Å². The molecule has 1 aliphatic heterocycles. The van der Waals surface area contributed by atoms with Crippen molar-refractivity contribution in [3.05, 3.63) is 63.6 Å². The van der Waals surface area contributed by atoms with Crippen LogP contribution in [0, 0.1) is 5.41 Å². The van der Waals surface area contributed by atoms with Crippen LogP contribution in [0.5, 0.6) is 0 Å². The molecule has 1 aliphatic rings. The number of fused-ring (bicyclic) bond motifs is 1. The molecule has 0 saturated carbocycles. The Hall–Kier alpha value is -1.85. The molecule has 2 N–H and O–H groups in total. The molecule has 2 aromatic carbocycles. The molecular formula is C20H22BrNO3. The van der Waals surface area contributed by atoms with E-state index in [0.29, 0.717) is 12.2 Å². The first-order chi connectivity index (χ1) is 11.8. The average molecular weight is 404 g/mol. The van der Waals surface area contributed by atoms with Crippen molar-refractivity contribution in [2.75, 3.05) is 11.9 Å². The molecule has 25 heavy (non-hydrogen) atoms. The Kier molecular flexibility index (Phi) is 4.89. The maximum atomic E-state index is 12.0. The van der Waals surface area contributed by atoms with Crippen molar-refractivity contribution in [2.24, 2.45) is 5.41 Å². The molecule has 2 aromatic rings. The van der Waals surface area contributed by atoms with Crippen LogP contribution in [0.15, 0.2) is 46.9 Å². The largest absolute Gasteiger partial charge is 0.462 e. The van der Waals surface area contributed by atoms with Gasteiger partial charge in [0.1, 0.15) is 0 Å². The van der Waals surface area contributed by atoms with Crippen LogP contribution >= 0.6 is 15.9 Å². The molecular weight excluding hydrogens is 382 g/mol. The Bertz CT molecular complexity index is 786. The summed E-state index contributed by atoms with van der Waals surface area (Å²) in [7, 11) is 0. The zero-order valence-electron chi connectivity index (χ0n) is 14.5. The van der Waals surface area contributed by atoms with E-state index in [1.54, 1.807) is 19.1 Å². The van der Waals surface area contributed by atoms with E-state index in [0.717, 1.165) is 21.3 Å². The molecule has 4 nitrogen and oxygen atoms in total. The van der Waals surface area contributed by atoms with E-state index >= 15 is 0 Å². The highest BCUT2D eigenvalue weighted by atomic mass is 79.9. The van der Waals surface area contributed by atoms with Gasteiger partial charge in [-0.05, 0) is 42.8 Å². The van der Waals surface area contributed by atoms with Gasteiger partial charge in [0.15, 0.2) is 0 Å². The molecule has 0 saturated heterocycles. The van der Waals surface area contributed by atoms with Crippen LogP contribution in [0.3, 0.4) is 0 Å². The van der Waals surface area contributed by atoms with Crippen LogP contribution in [0.2, 0.25) is 0 Å². The number of ether oxygens (including phenoxy) is 1. The zero-order valence-corrected chi connectivity index (χ0v) is 16.1. The number of halogens is 1. The summed E-state index contributed by atoms with van der Waals surface area (Å²) in [5.41, 5.74) is 2.68. The van der Waals surface area contributed by atoms with Crippen LogP contribution in [0.4, 0.5) is 5.69 Å². The van der Waals surface area contributed by atoms with Gasteiger partial charge in [0, 0.05) is 21.1 Å². The molecule has 0 amide bonds. The number of anilines is 1. The minimum Gasteiger partial charge on any atom is -0.462 e. The number of esters is 1. The second kappa shape index (κ2) is 6.81. The lowest BCUT2D eigenvalue weighted by Gasteiger charge is -2.45. The molecule has 3 rings (SSSR count). The highest BCUT2D eigenvalue weighted by Gasteiger charge is 2.43. The van der Waals surface area contributed by atoms with Crippen LogP contribution in [0.1, 0.15) is 54.4 Å². The monoisotopic (exact) mass is 403 g/mol. The van der Waals surface area contributed by atoms with E-state index in [-0.39, 0.29) is 12.0 Å². The van der Waals surface area contributed by atoms with Crippen molar-refractivity contribution in [1.29, 1.82) is 0 Å². The molecule has 0 radical (unpaired) electrons. The minimum atomic E-state index is -0.702. The fraction of sp³-hybridized carbons (Fsp3) is 0.350. The molecule has 0 fully saturated rings. The highest BCUT2D eigenvalue weighted by molar-refractivity contribution is 9.10. The first kappa shape index (κ1) is 18.0. The summed E-state index contributed by atoms with van der Waals surface area (Å²) in [6, 6.07) is 13.3. The van der Waals surface area contributed by atoms with Gasteiger partial charge < -0.3 is 15.2 Å². The van der Waals surface area contributed by atoms with Crippen LogP contribution in [-0.2, 0) is 4.74 Å². The standard InChI is InChI=1S/C20H22BrNO3/c1-4-25-19(24)13-7-10-16-15(11-13)18(23)20(2,3)17(22-16)12-5-8-14(21)9-6-12/h5-11,17-18,22-23H,4H2,1-3H3. The second-order valence-electron chi connectivity index (χ2n) is 6.88. The second-order valence-corrected chi connectivity index (χ2v) is 7.79. The third kappa shape index (κ3) is 3.31. The lowest BCUT2D eigenvalue weighted by Crippen LogP contribution is -2.38. The van der Waals surface area contributed by atoms with E-state index in [1.165, 1.54) is 0 Å². The Balaban J connectivity index is 2.00. The van der Waals surface area contributed by atoms with Crippen molar-refractivity contribution in [2.45, 2.75) is 32.9 Å². The van der Waals surface area contributed by atoms with E-state index in [2.05, 4.69) is 21.2 Å². The number of hydrogen-bond acceptors (Lipinski definition) is 4. The number of aliphatic hydroxyl groups is 1. The lowest BCUT2D eigenvalue weighted by atomic mass is 9.70. The predicted octanol–water partition coefficient (Wildman–Crippen LogP) is 4.85. The van der Waals surface area contributed by atoms with Crippen molar-refractivity contribution < 1.29 is 14.6 Å². The number of carbonyl (C=O) groups is 1. The normalized spacial score (nSPS) is 21.2. The summed E-state index contributed by atoms with van der Waals surface area (Å²) in [6.07, 6.45) is -0.702. The Morgan fingerprint density at radius 1 is 1.24 bits per heavy atom.